The van der Waals surface area contributed by atoms with E-state index in [1.807, 2.05) is 0 Å². The summed E-state index contributed by atoms with van der Waals surface area (Å²) in [5.74, 6) is -2.92. The van der Waals surface area contributed by atoms with Gasteiger partial charge in [-0.1, -0.05) is 0 Å². The zero-order valence-electron chi connectivity index (χ0n) is 8.13. The molecule has 0 aromatic carbocycles. The maximum atomic E-state index is 11.9. The van der Waals surface area contributed by atoms with Crippen molar-refractivity contribution in [3.8, 4) is 0 Å². The second-order valence-corrected chi connectivity index (χ2v) is 2.87. The molecule has 88 valence electrons. The van der Waals surface area contributed by atoms with Gasteiger partial charge >= 0.3 is 12.1 Å². The molecule has 0 amide bonds. The fraction of sp³-hybridized carbons (Fsp3) is 0.333. The third-order valence-corrected chi connectivity index (χ3v) is 1.63. The molecule has 0 radical (unpaired) electrons. The van der Waals surface area contributed by atoms with Crippen LogP contribution < -0.4 is 0 Å². The van der Waals surface area contributed by atoms with Crippen LogP contribution >= 0.6 is 0 Å². The van der Waals surface area contributed by atoms with Gasteiger partial charge in [0, 0.05) is 0 Å². The molecule has 1 rings (SSSR count). The smallest absolute Gasteiger partial charge is 0.396 e. The van der Waals surface area contributed by atoms with Gasteiger partial charge in [-0.2, -0.15) is 13.2 Å². The van der Waals surface area contributed by atoms with Crippen molar-refractivity contribution in [3.63, 3.8) is 0 Å². The van der Waals surface area contributed by atoms with Crippen LogP contribution in [0, 0.1) is 0 Å². The average molecular weight is 236 g/mol. The Hall–Kier alpha value is -1.79. The minimum atomic E-state index is -4.60. The molecule has 16 heavy (non-hydrogen) atoms. The van der Waals surface area contributed by atoms with Crippen LogP contribution in [0.3, 0.4) is 0 Å². The van der Waals surface area contributed by atoms with Crippen molar-refractivity contribution in [2.45, 2.75) is 12.6 Å². The molecule has 0 saturated carbocycles. The van der Waals surface area contributed by atoms with E-state index in [0.29, 0.717) is 0 Å². The van der Waals surface area contributed by atoms with Crippen molar-refractivity contribution in [1.82, 2.24) is 0 Å². The van der Waals surface area contributed by atoms with Gasteiger partial charge in [0.1, 0.15) is 6.42 Å². The minimum absolute atomic E-state index is 0.312. The summed E-state index contributed by atoms with van der Waals surface area (Å²) in [6.45, 7) is 0. The molecule has 0 aliphatic carbocycles. The zero-order valence-corrected chi connectivity index (χ0v) is 8.13. The van der Waals surface area contributed by atoms with E-state index in [1.165, 1.54) is 0 Å². The number of ether oxygens (including phenoxy) is 1. The predicted molar refractivity (Wildman–Crippen MR) is 45.1 cm³/mol. The Labute approximate surface area is 88.0 Å². The molecule has 1 aromatic rings. The molecule has 4 nitrogen and oxygen atoms in total. The number of furan rings is 1. The number of Topliss-reactive ketones (excluding diaryl/α,β-unsaturated/α-hetero) is 1. The van der Waals surface area contributed by atoms with Crippen LogP contribution in [-0.2, 0) is 4.74 Å². The highest BCUT2D eigenvalue weighted by Crippen LogP contribution is 2.23. The van der Waals surface area contributed by atoms with Gasteiger partial charge in [0.25, 0.3) is 0 Å². The lowest BCUT2D eigenvalue weighted by atomic mass is 10.2. The first kappa shape index (κ1) is 12.3. The van der Waals surface area contributed by atoms with Gasteiger partial charge < -0.3 is 9.15 Å². The first-order chi connectivity index (χ1) is 7.33. The summed E-state index contributed by atoms with van der Waals surface area (Å²) in [7, 11) is 1.09. The Morgan fingerprint density at radius 2 is 1.88 bits per heavy atom. The second-order valence-electron chi connectivity index (χ2n) is 2.87. The summed E-state index contributed by atoms with van der Waals surface area (Å²) in [4.78, 5) is 21.9. The first-order valence-electron chi connectivity index (χ1n) is 4.11. The molecule has 0 saturated heterocycles. The highest BCUT2D eigenvalue weighted by atomic mass is 19.4. The molecule has 0 aliphatic heterocycles. The second kappa shape index (κ2) is 4.38. The van der Waals surface area contributed by atoms with Gasteiger partial charge in [0.15, 0.2) is 5.76 Å². The number of halogens is 3. The Bertz CT molecular complexity index is 405. The molecule has 0 unspecified atom stereocenters. The monoisotopic (exact) mass is 236 g/mol. The van der Waals surface area contributed by atoms with E-state index in [4.69, 9.17) is 0 Å². The maximum Gasteiger partial charge on any atom is 0.396 e. The number of carbonyl (C=O) groups excluding carboxylic acids is 2. The molecule has 0 N–H and O–H groups in total. The van der Waals surface area contributed by atoms with E-state index in [9.17, 15) is 22.8 Å². The van der Waals surface area contributed by atoms with E-state index >= 15 is 0 Å². The molecular weight excluding hydrogens is 229 g/mol. The number of methoxy groups -OCH3 is 1. The van der Waals surface area contributed by atoms with Crippen LogP contribution in [0.1, 0.15) is 27.5 Å². The normalized spacial score (nSPS) is 11.2. The largest absolute Gasteiger partial charge is 0.463 e. The Kier molecular flexibility index (Phi) is 3.36. The summed E-state index contributed by atoms with van der Waals surface area (Å²) in [6.07, 6.45) is -6.23. The molecule has 7 heteroatoms. The van der Waals surface area contributed by atoms with Crippen molar-refractivity contribution in [1.29, 1.82) is 0 Å². The average Bonchev–Trinajstić information content (AvgIpc) is 2.62. The number of carbonyl (C=O) groups is 2. The summed E-state index contributed by atoms with van der Waals surface area (Å²) < 4.78 is 44.5. The fourth-order valence-corrected chi connectivity index (χ4v) is 0.967. The lowest BCUT2D eigenvalue weighted by molar-refractivity contribution is -0.125. The molecule has 0 atom stereocenters. The number of esters is 1. The maximum absolute atomic E-state index is 11.9. The van der Waals surface area contributed by atoms with Gasteiger partial charge in [-0.15, -0.1) is 0 Å². The third kappa shape index (κ3) is 3.11. The Morgan fingerprint density at radius 3 is 2.38 bits per heavy atom. The Balaban J connectivity index is 2.78. The van der Waals surface area contributed by atoms with Crippen LogP contribution in [-0.4, -0.2) is 25.0 Å². The number of hydrogen-bond acceptors (Lipinski definition) is 4. The first-order valence-corrected chi connectivity index (χ1v) is 4.11. The predicted octanol–water partition coefficient (Wildman–Crippen LogP) is 2.20. The molecule has 0 fully saturated rings. The third-order valence-electron chi connectivity index (χ3n) is 1.63. The van der Waals surface area contributed by atoms with Gasteiger partial charge in [0.05, 0.1) is 7.11 Å². The molecule has 1 heterocycles. The molecule has 0 bridgehead atoms. The summed E-state index contributed by atoms with van der Waals surface area (Å²) >= 11 is 0. The lowest BCUT2D eigenvalue weighted by Gasteiger charge is -2.02. The van der Waals surface area contributed by atoms with Crippen LogP contribution in [0.25, 0.3) is 0 Å². The van der Waals surface area contributed by atoms with Crippen molar-refractivity contribution >= 4 is 11.8 Å². The molecular formula is C9H7F3O4. The van der Waals surface area contributed by atoms with Gasteiger partial charge in [-0.3, -0.25) is 4.79 Å². The number of rotatable bonds is 3. The fourth-order valence-electron chi connectivity index (χ4n) is 0.967. The highest BCUT2D eigenvalue weighted by Gasteiger charge is 2.33. The van der Waals surface area contributed by atoms with E-state index in [2.05, 4.69) is 9.15 Å². The van der Waals surface area contributed by atoms with Crippen LogP contribution in [0.5, 0.6) is 0 Å². The number of hydrogen-bond donors (Lipinski definition) is 0. The van der Waals surface area contributed by atoms with Gasteiger partial charge in [-0.05, 0) is 12.1 Å². The molecule has 1 aromatic heterocycles. The number of alkyl halides is 3. The van der Waals surface area contributed by atoms with Gasteiger partial charge in [0.2, 0.25) is 11.5 Å². The van der Waals surface area contributed by atoms with E-state index < -0.39 is 30.1 Å². The summed E-state index contributed by atoms with van der Waals surface area (Å²) in [5, 5.41) is 0. The molecule has 0 spiro atoms. The van der Waals surface area contributed by atoms with Crippen molar-refractivity contribution in [2.24, 2.45) is 0 Å². The van der Waals surface area contributed by atoms with Crippen molar-refractivity contribution in [3.05, 3.63) is 23.7 Å². The summed E-state index contributed by atoms with van der Waals surface area (Å²) in [6, 6.07) is 2.08. The lowest BCUT2D eigenvalue weighted by Crippen LogP contribution is -2.14. The van der Waals surface area contributed by atoms with E-state index in [0.717, 1.165) is 19.2 Å². The number of ketones is 1. The quantitative estimate of drug-likeness (QED) is 0.596. The highest BCUT2D eigenvalue weighted by molar-refractivity contribution is 5.95. The summed E-state index contributed by atoms with van der Waals surface area (Å²) in [5.41, 5.74) is 0. The van der Waals surface area contributed by atoms with E-state index in [-0.39, 0.29) is 5.76 Å². The van der Waals surface area contributed by atoms with Crippen molar-refractivity contribution in [2.75, 3.05) is 7.11 Å². The van der Waals surface area contributed by atoms with Crippen LogP contribution in [0.4, 0.5) is 13.2 Å². The van der Waals surface area contributed by atoms with Crippen molar-refractivity contribution < 1.29 is 31.9 Å². The zero-order chi connectivity index (χ0) is 12.3. The standard InChI is InChI=1S/C9H7F3O4/c1-15-8(14)7-3-2-6(16-7)5(13)4-9(10,11)12/h2-3H,4H2,1H3. The van der Waals surface area contributed by atoms with Crippen LogP contribution in [0.15, 0.2) is 16.5 Å². The SMILES string of the molecule is COC(=O)c1ccc(C(=O)CC(F)(F)F)o1. The van der Waals surface area contributed by atoms with E-state index in [1.54, 1.807) is 0 Å². The Morgan fingerprint density at radius 1 is 1.31 bits per heavy atom. The van der Waals surface area contributed by atoms with Crippen LogP contribution in [0.2, 0.25) is 0 Å². The van der Waals surface area contributed by atoms with Gasteiger partial charge in [-0.25, -0.2) is 4.79 Å². The minimum Gasteiger partial charge on any atom is -0.463 e. The topological polar surface area (TPSA) is 56.5 Å². The molecule has 0 aliphatic rings.